The van der Waals surface area contributed by atoms with Gasteiger partial charge in [0.05, 0.1) is 7.11 Å². The molecule has 0 aliphatic heterocycles. The van der Waals surface area contributed by atoms with E-state index in [9.17, 15) is 9.59 Å². The van der Waals surface area contributed by atoms with Crippen LogP contribution in [0.5, 0.6) is 11.5 Å². The van der Waals surface area contributed by atoms with E-state index in [0.29, 0.717) is 23.4 Å². The number of aryl methyl sites for hydroxylation is 1. The lowest BCUT2D eigenvalue weighted by atomic mass is 10.00. The Labute approximate surface area is 191 Å². The minimum absolute atomic E-state index is 0.258. The van der Waals surface area contributed by atoms with Gasteiger partial charge in [0.2, 0.25) is 0 Å². The summed E-state index contributed by atoms with van der Waals surface area (Å²) in [5.74, 6) is 0.946. The molecule has 0 saturated heterocycles. The number of benzene rings is 2. The number of hydrogen-bond acceptors (Lipinski definition) is 6. The number of hydrogen-bond donors (Lipinski definition) is 1. The summed E-state index contributed by atoms with van der Waals surface area (Å²) in [7, 11) is 1.60. The zero-order valence-electron chi connectivity index (χ0n) is 18.6. The van der Waals surface area contributed by atoms with Crippen molar-refractivity contribution in [2.75, 3.05) is 7.11 Å². The van der Waals surface area contributed by atoms with Gasteiger partial charge in [-0.2, -0.15) is 0 Å². The summed E-state index contributed by atoms with van der Waals surface area (Å²) in [6.45, 7) is 3.84. The maximum atomic E-state index is 12.5. The van der Waals surface area contributed by atoms with Crippen LogP contribution < -0.4 is 20.4 Å². The molecule has 0 saturated carbocycles. The molecule has 2 aromatic carbocycles. The topological polar surface area (TPSA) is 90.7 Å². The van der Waals surface area contributed by atoms with Crippen molar-refractivity contribution in [3.05, 3.63) is 88.5 Å². The van der Waals surface area contributed by atoms with E-state index in [2.05, 4.69) is 10.3 Å². The summed E-state index contributed by atoms with van der Waals surface area (Å²) in [6, 6.07) is 16.2. The normalized spacial score (nSPS) is 11.7. The van der Waals surface area contributed by atoms with Crippen molar-refractivity contribution in [2.24, 2.45) is 0 Å². The summed E-state index contributed by atoms with van der Waals surface area (Å²) in [5, 5.41) is 3.61. The molecule has 4 aromatic rings. The first kappa shape index (κ1) is 22.1. The third-order valence-electron chi connectivity index (χ3n) is 5.37. The molecule has 33 heavy (non-hydrogen) atoms. The largest absolute Gasteiger partial charge is 0.497 e. The Kier molecular flexibility index (Phi) is 6.40. The second-order valence-corrected chi connectivity index (χ2v) is 7.61. The van der Waals surface area contributed by atoms with E-state index in [-0.39, 0.29) is 5.91 Å². The van der Waals surface area contributed by atoms with Gasteiger partial charge in [0.1, 0.15) is 17.1 Å². The fourth-order valence-corrected chi connectivity index (χ4v) is 3.56. The smallest absolute Gasteiger partial charge is 0.336 e. The quantitative estimate of drug-likeness (QED) is 0.429. The van der Waals surface area contributed by atoms with E-state index in [0.717, 1.165) is 27.8 Å². The molecule has 2 heterocycles. The first-order valence-electron chi connectivity index (χ1n) is 10.5. The Morgan fingerprint density at radius 2 is 1.94 bits per heavy atom. The summed E-state index contributed by atoms with van der Waals surface area (Å²) < 4.78 is 16.6. The van der Waals surface area contributed by atoms with E-state index >= 15 is 0 Å². The molecule has 0 aliphatic carbocycles. The molecule has 1 atom stereocenters. The maximum Gasteiger partial charge on any atom is 0.336 e. The maximum absolute atomic E-state index is 12.5. The molecule has 1 unspecified atom stereocenters. The highest BCUT2D eigenvalue weighted by Gasteiger charge is 2.18. The van der Waals surface area contributed by atoms with E-state index in [1.165, 1.54) is 6.07 Å². The molecule has 7 nitrogen and oxygen atoms in total. The SMILES string of the molecule is COc1ccc(-c2cc(=O)oc3c(C)c(OC(C)C(=O)NCc4cccnc4)ccc23)cc1. The molecule has 0 spiro atoms. The minimum atomic E-state index is -0.741. The first-order valence-corrected chi connectivity index (χ1v) is 10.5. The van der Waals surface area contributed by atoms with Gasteiger partial charge in [0, 0.05) is 36.0 Å². The Bertz CT molecular complexity index is 1330. The van der Waals surface area contributed by atoms with Crippen LogP contribution in [0.2, 0.25) is 0 Å². The molecular weight excluding hydrogens is 420 g/mol. The van der Waals surface area contributed by atoms with E-state index in [1.807, 2.05) is 42.5 Å². The number of carbonyl (C=O) groups excluding carboxylic acids is 1. The van der Waals surface area contributed by atoms with Gasteiger partial charge in [-0.3, -0.25) is 9.78 Å². The second kappa shape index (κ2) is 9.56. The fraction of sp³-hybridized carbons (Fsp3) is 0.192. The predicted molar refractivity (Wildman–Crippen MR) is 125 cm³/mol. The number of carbonyl (C=O) groups is 1. The molecule has 0 fully saturated rings. The Morgan fingerprint density at radius 3 is 2.64 bits per heavy atom. The summed E-state index contributed by atoms with van der Waals surface area (Å²) in [4.78, 5) is 28.8. The molecule has 7 heteroatoms. The van der Waals surface area contributed by atoms with Crippen molar-refractivity contribution in [3.63, 3.8) is 0 Å². The van der Waals surface area contributed by atoms with Crippen molar-refractivity contribution >= 4 is 16.9 Å². The number of ether oxygens (including phenoxy) is 2. The summed E-state index contributed by atoms with van der Waals surface area (Å²) >= 11 is 0. The van der Waals surface area contributed by atoms with Crippen molar-refractivity contribution in [2.45, 2.75) is 26.5 Å². The van der Waals surface area contributed by atoms with Crippen molar-refractivity contribution < 1.29 is 18.7 Å². The van der Waals surface area contributed by atoms with Crippen LogP contribution in [0.3, 0.4) is 0 Å². The standard InChI is InChI=1S/C26H24N2O5/c1-16-23(32-17(2)26(30)28-15-18-5-4-12-27-14-18)11-10-21-22(13-24(29)33-25(16)21)19-6-8-20(31-3)9-7-19/h4-14,17H,15H2,1-3H3,(H,28,30). The van der Waals surface area contributed by atoms with Crippen molar-refractivity contribution in [1.29, 1.82) is 0 Å². The first-order chi connectivity index (χ1) is 16.0. The highest BCUT2D eigenvalue weighted by atomic mass is 16.5. The number of pyridine rings is 1. The lowest BCUT2D eigenvalue weighted by molar-refractivity contribution is -0.127. The van der Waals surface area contributed by atoms with E-state index < -0.39 is 11.7 Å². The van der Waals surface area contributed by atoms with Gasteiger partial charge in [0.15, 0.2) is 6.10 Å². The molecule has 0 radical (unpaired) electrons. The highest BCUT2D eigenvalue weighted by molar-refractivity contribution is 5.95. The van der Waals surface area contributed by atoms with Gasteiger partial charge in [0.25, 0.3) is 5.91 Å². The minimum Gasteiger partial charge on any atom is -0.497 e. The molecule has 0 bridgehead atoms. The summed E-state index contributed by atoms with van der Waals surface area (Å²) in [6.07, 6.45) is 2.63. The van der Waals surface area contributed by atoms with Gasteiger partial charge in [-0.15, -0.1) is 0 Å². The monoisotopic (exact) mass is 444 g/mol. The molecule has 1 amide bonds. The number of rotatable bonds is 7. The fourth-order valence-electron chi connectivity index (χ4n) is 3.56. The Balaban J connectivity index is 1.58. The van der Waals surface area contributed by atoms with Crippen molar-refractivity contribution in [3.8, 4) is 22.6 Å². The van der Waals surface area contributed by atoms with Gasteiger partial charge >= 0.3 is 5.63 Å². The van der Waals surface area contributed by atoms with Crippen LogP contribution >= 0.6 is 0 Å². The molecule has 0 aliphatic rings. The summed E-state index contributed by atoms with van der Waals surface area (Å²) in [5.41, 5.74) is 3.12. The van der Waals surface area contributed by atoms with Gasteiger partial charge in [-0.1, -0.05) is 18.2 Å². The number of aromatic nitrogens is 1. The Hall–Kier alpha value is -4.13. The number of nitrogens with one attached hydrogen (secondary N) is 1. The lowest BCUT2D eigenvalue weighted by Crippen LogP contribution is -2.36. The van der Waals surface area contributed by atoms with Gasteiger partial charge < -0.3 is 19.2 Å². The van der Waals surface area contributed by atoms with Crippen LogP contribution in [0, 0.1) is 6.92 Å². The number of nitrogens with zero attached hydrogens (tertiary/aromatic N) is 1. The molecule has 2 aromatic heterocycles. The van der Waals surface area contributed by atoms with E-state index in [4.69, 9.17) is 13.9 Å². The molecule has 4 rings (SSSR count). The number of methoxy groups -OCH3 is 1. The second-order valence-electron chi connectivity index (χ2n) is 7.61. The zero-order valence-corrected chi connectivity index (χ0v) is 18.6. The average Bonchev–Trinajstić information content (AvgIpc) is 2.84. The highest BCUT2D eigenvalue weighted by Crippen LogP contribution is 2.34. The predicted octanol–water partition coefficient (Wildman–Crippen LogP) is 4.26. The van der Waals surface area contributed by atoms with Gasteiger partial charge in [-0.05, 0) is 60.9 Å². The van der Waals surface area contributed by atoms with Crippen LogP contribution in [0.4, 0.5) is 0 Å². The number of amides is 1. The number of fused-ring (bicyclic) bond motifs is 1. The van der Waals surface area contributed by atoms with Crippen LogP contribution in [0.25, 0.3) is 22.1 Å². The van der Waals surface area contributed by atoms with Crippen LogP contribution in [-0.2, 0) is 11.3 Å². The van der Waals surface area contributed by atoms with Gasteiger partial charge in [-0.25, -0.2) is 4.79 Å². The third kappa shape index (κ3) is 4.87. The lowest BCUT2D eigenvalue weighted by Gasteiger charge is -2.17. The van der Waals surface area contributed by atoms with E-state index in [1.54, 1.807) is 39.4 Å². The van der Waals surface area contributed by atoms with Crippen LogP contribution in [-0.4, -0.2) is 24.1 Å². The van der Waals surface area contributed by atoms with Crippen LogP contribution in [0.15, 0.2) is 76.2 Å². The van der Waals surface area contributed by atoms with Crippen molar-refractivity contribution in [1.82, 2.24) is 10.3 Å². The molecule has 1 N–H and O–H groups in total. The van der Waals surface area contributed by atoms with Crippen LogP contribution in [0.1, 0.15) is 18.1 Å². The Morgan fingerprint density at radius 1 is 1.15 bits per heavy atom. The zero-order chi connectivity index (χ0) is 23.4. The molecular formula is C26H24N2O5. The third-order valence-corrected chi connectivity index (χ3v) is 5.37. The molecule has 168 valence electrons. The average molecular weight is 444 g/mol.